The Balaban J connectivity index is 1.99. The van der Waals surface area contributed by atoms with Gasteiger partial charge >= 0.3 is 0 Å². The van der Waals surface area contributed by atoms with Crippen molar-refractivity contribution in [3.05, 3.63) is 58.7 Å². The zero-order valence-electron chi connectivity index (χ0n) is 8.64. The summed E-state index contributed by atoms with van der Waals surface area (Å²) in [4.78, 5) is 11.9. The van der Waals surface area contributed by atoms with Crippen molar-refractivity contribution >= 4 is 23.5 Å². The molecule has 0 radical (unpaired) electrons. The lowest BCUT2D eigenvalue weighted by atomic mass is 10.1. The average Bonchev–Trinajstić information content (AvgIpc) is 2.86. The van der Waals surface area contributed by atoms with E-state index >= 15 is 0 Å². The summed E-state index contributed by atoms with van der Waals surface area (Å²) in [5, 5.41) is 0.278. The Morgan fingerprint density at radius 3 is 2.65 bits per heavy atom. The molecule has 0 amide bonds. The number of ether oxygens (including phenoxy) is 1. The van der Waals surface area contributed by atoms with E-state index in [1.54, 1.807) is 30.3 Å². The topological polar surface area (TPSA) is 39.4 Å². The number of Topliss-reactive ketones (excluding diaryl/α,β-unsaturated/α-hetero) is 1. The van der Waals surface area contributed by atoms with Gasteiger partial charge in [0.1, 0.15) is 11.5 Å². The quantitative estimate of drug-likeness (QED) is 0.723. The summed E-state index contributed by atoms with van der Waals surface area (Å²) < 4.78 is 10.6. The predicted octanol–water partition coefficient (Wildman–Crippen LogP) is 3.55. The van der Waals surface area contributed by atoms with Gasteiger partial charge in [0.05, 0.1) is 5.56 Å². The molecule has 0 bridgehead atoms. The molecule has 1 aromatic heterocycles. The minimum Gasteiger partial charge on any atom is -0.452 e. The number of halogens is 1. The zero-order chi connectivity index (χ0) is 11.8. The summed E-state index contributed by atoms with van der Waals surface area (Å²) >= 11 is 5.65. The number of furan rings is 1. The van der Waals surface area contributed by atoms with Crippen LogP contribution in [0, 0.1) is 0 Å². The third kappa shape index (κ3) is 1.74. The second-order valence-electron chi connectivity index (χ2n) is 3.58. The summed E-state index contributed by atoms with van der Waals surface area (Å²) in [5.74, 6) is 1.16. The molecule has 84 valence electrons. The van der Waals surface area contributed by atoms with Gasteiger partial charge in [-0.3, -0.25) is 4.79 Å². The molecule has 1 aliphatic rings. The highest BCUT2D eigenvalue weighted by molar-refractivity contribution is 6.28. The van der Waals surface area contributed by atoms with Crippen LogP contribution in [0.1, 0.15) is 16.1 Å². The van der Waals surface area contributed by atoms with Crippen molar-refractivity contribution in [3.8, 4) is 5.75 Å². The fourth-order valence-corrected chi connectivity index (χ4v) is 1.82. The molecule has 0 saturated heterocycles. The fourth-order valence-electron chi connectivity index (χ4n) is 1.67. The molecular weight excluding hydrogens is 240 g/mol. The summed E-state index contributed by atoms with van der Waals surface area (Å²) in [5.41, 5.74) is 0.566. The molecule has 2 heterocycles. The van der Waals surface area contributed by atoms with E-state index in [0.717, 1.165) is 0 Å². The lowest BCUT2D eigenvalue weighted by Gasteiger charge is -1.95. The molecular formula is C13H7ClO3. The first-order chi connectivity index (χ1) is 8.24. The third-order valence-electron chi connectivity index (χ3n) is 2.44. The number of rotatable bonds is 1. The monoisotopic (exact) mass is 246 g/mol. The molecule has 0 saturated carbocycles. The zero-order valence-corrected chi connectivity index (χ0v) is 9.40. The molecule has 0 atom stereocenters. The highest BCUT2D eigenvalue weighted by atomic mass is 35.5. The second-order valence-corrected chi connectivity index (χ2v) is 3.95. The van der Waals surface area contributed by atoms with Crippen molar-refractivity contribution < 1.29 is 13.9 Å². The molecule has 0 fully saturated rings. The Bertz CT molecular complexity index is 625. The van der Waals surface area contributed by atoms with E-state index in [0.29, 0.717) is 17.1 Å². The van der Waals surface area contributed by atoms with Crippen LogP contribution >= 0.6 is 11.6 Å². The molecule has 1 aliphatic heterocycles. The van der Waals surface area contributed by atoms with Gasteiger partial charge in [-0.15, -0.1) is 0 Å². The molecule has 2 aromatic rings. The first-order valence-corrected chi connectivity index (χ1v) is 5.40. The minimum atomic E-state index is -0.145. The number of fused-ring (bicyclic) bond motifs is 1. The minimum absolute atomic E-state index is 0.145. The van der Waals surface area contributed by atoms with Gasteiger partial charge in [0.2, 0.25) is 5.78 Å². The van der Waals surface area contributed by atoms with Crippen molar-refractivity contribution in [2.24, 2.45) is 0 Å². The predicted molar refractivity (Wildman–Crippen MR) is 63.1 cm³/mol. The van der Waals surface area contributed by atoms with Crippen LogP contribution in [0.3, 0.4) is 0 Å². The third-order valence-corrected chi connectivity index (χ3v) is 2.65. The maximum absolute atomic E-state index is 11.9. The lowest BCUT2D eigenvalue weighted by Crippen LogP contribution is -1.97. The molecule has 3 rings (SSSR count). The van der Waals surface area contributed by atoms with Crippen LogP contribution in [-0.4, -0.2) is 5.78 Å². The van der Waals surface area contributed by atoms with Gasteiger partial charge in [-0.2, -0.15) is 0 Å². The van der Waals surface area contributed by atoms with E-state index in [2.05, 4.69) is 0 Å². The summed E-state index contributed by atoms with van der Waals surface area (Å²) in [6.07, 6.45) is 1.54. The van der Waals surface area contributed by atoms with Crippen molar-refractivity contribution in [2.75, 3.05) is 0 Å². The van der Waals surface area contributed by atoms with Gasteiger partial charge in [0.25, 0.3) is 0 Å². The number of allylic oxidation sites excluding steroid dienone is 1. The molecule has 0 unspecified atom stereocenters. The molecule has 4 heteroatoms. The standard InChI is InChI=1S/C13H7ClO3/c14-12-6-5-8(16-12)7-11-13(15)9-3-1-2-4-10(9)17-11/h1-7H/b11-7-. The number of carbonyl (C=O) groups excluding carboxylic acids is 1. The van der Waals surface area contributed by atoms with Gasteiger partial charge < -0.3 is 9.15 Å². The van der Waals surface area contributed by atoms with Crippen LogP contribution in [0.4, 0.5) is 0 Å². The number of hydrogen-bond acceptors (Lipinski definition) is 3. The molecule has 17 heavy (non-hydrogen) atoms. The number of hydrogen-bond donors (Lipinski definition) is 0. The Hall–Kier alpha value is -2.00. The number of carbonyl (C=O) groups is 1. The first-order valence-electron chi connectivity index (χ1n) is 5.02. The Kier molecular flexibility index (Phi) is 2.27. The molecule has 0 N–H and O–H groups in total. The largest absolute Gasteiger partial charge is 0.452 e. The Labute approximate surface area is 102 Å². The summed E-state index contributed by atoms with van der Waals surface area (Å²) in [6.45, 7) is 0. The van der Waals surface area contributed by atoms with Crippen LogP contribution in [0.15, 0.2) is 46.6 Å². The van der Waals surface area contributed by atoms with Crippen molar-refractivity contribution in [1.82, 2.24) is 0 Å². The molecule has 1 aromatic carbocycles. The van der Waals surface area contributed by atoms with Gasteiger partial charge in [0, 0.05) is 6.08 Å². The second kappa shape index (κ2) is 3.79. The van der Waals surface area contributed by atoms with Gasteiger partial charge in [-0.05, 0) is 35.9 Å². The summed E-state index contributed by atoms with van der Waals surface area (Å²) in [6, 6.07) is 10.4. The molecule has 0 spiro atoms. The van der Waals surface area contributed by atoms with Crippen LogP contribution in [-0.2, 0) is 0 Å². The lowest BCUT2D eigenvalue weighted by molar-refractivity contribution is 0.101. The van der Waals surface area contributed by atoms with Crippen LogP contribution in [0.2, 0.25) is 5.22 Å². The first kappa shape index (κ1) is 10.2. The number of ketones is 1. The molecule has 0 aliphatic carbocycles. The van der Waals surface area contributed by atoms with E-state index < -0.39 is 0 Å². The Morgan fingerprint density at radius 1 is 1.12 bits per heavy atom. The molecule has 3 nitrogen and oxygen atoms in total. The van der Waals surface area contributed by atoms with Crippen molar-refractivity contribution in [1.29, 1.82) is 0 Å². The van der Waals surface area contributed by atoms with Crippen molar-refractivity contribution in [2.45, 2.75) is 0 Å². The van der Waals surface area contributed by atoms with Gasteiger partial charge in [-0.25, -0.2) is 0 Å². The smallest absolute Gasteiger partial charge is 0.232 e. The van der Waals surface area contributed by atoms with Crippen LogP contribution < -0.4 is 4.74 Å². The highest BCUT2D eigenvalue weighted by Crippen LogP contribution is 2.31. The number of benzene rings is 1. The van der Waals surface area contributed by atoms with Gasteiger partial charge in [-0.1, -0.05) is 12.1 Å². The van der Waals surface area contributed by atoms with Crippen LogP contribution in [0.25, 0.3) is 6.08 Å². The SMILES string of the molecule is O=C1/C(=C/c2ccc(Cl)o2)Oc2ccccc21. The van der Waals surface area contributed by atoms with E-state index in [1.807, 2.05) is 6.07 Å². The van der Waals surface area contributed by atoms with E-state index in [-0.39, 0.29) is 16.8 Å². The Morgan fingerprint density at radius 2 is 1.94 bits per heavy atom. The maximum Gasteiger partial charge on any atom is 0.232 e. The fraction of sp³-hybridized carbons (Fsp3) is 0. The highest BCUT2D eigenvalue weighted by Gasteiger charge is 2.26. The van der Waals surface area contributed by atoms with Gasteiger partial charge in [0.15, 0.2) is 11.0 Å². The normalized spacial score (nSPS) is 16.1. The van der Waals surface area contributed by atoms with E-state index in [9.17, 15) is 4.79 Å². The average molecular weight is 247 g/mol. The van der Waals surface area contributed by atoms with E-state index in [1.165, 1.54) is 6.08 Å². The van der Waals surface area contributed by atoms with E-state index in [4.69, 9.17) is 20.8 Å². The summed E-state index contributed by atoms with van der Waals surface area (Å²) in [7, 11) is 0. The van der Waals surface area contributed by atoms with Crippen molar-refractivity contribution in [3.63, 3.8) is 0 Å². The van der Waals surface area contributed by atoms with Crippen LogP contribution in [0.5, 0.6) is 5.75 Å². The number of para-hydroxylation sites is 1. The maximum atomic E-state index is 11.9.